The standard InChI is InChI=1S/C20H17ClF2N2O/c1-12-2-7-16(21)10-17(12)18-24-19(26-25-18)14-5-3-13(4-6-14)15-8-9-20(22,23)11-15/h2-7,10,15H,8-9,11H2,1H3/t15-/m1/s1. The molecular formula is C20H17ClF2N2O. The van der Waals surface area contributed by atoms with Crippen LogP contribution in [0.3, 0.4) is 0 Å². The van der Waals surface area contributed by atoms with Gasteiger partial charge in [0.25, 0.3) is 5.89 Å². The highest BCUT2D eigenvalue weighted by molar-refractivity contribution is 6.30. The number of hydrogen-bond acceptors (Lipinski definition) is 3. The van der Waals surface area contributed by atoms with Gasteiger partial charge in [0.05, 0.1) is 0 Å². The van der Waals surface area contributed by atoms with E-state index in [9.17, 15) is 8.78 Å². The lowest BCUT2D eigenvalue weighted by Gasteiger charge is -2.11. The molecule has 0 saturated heterocycles. The van der Waals surface area contributed by atoms with E-state index < -0.39 is 5.92 Å². The van der Waals surface area contributed by atoms with Gasteiger partial charge < -0.3 is 4.52 Å². The van der Waals surface area contributed by atoms with Crippen molar-refractivity contribution < 1.29 is 13.3 Å². The number of alkyl halides is 2. The number of aromatic nitrogens is 2. The zero-order chi connectivity index (χ0) is 18.3. The second-order valence-corrected chi connectivity index (χ2v) is 7.24. The van der Waals surface area contributed by atoms with E-state index in [2.05, 4.69) is 10.1 Å². The first-order chi connectivity index (χ1) is 12.4. The van der Waals surface area contributed by atoms with Crippen LogP contribution in [0.5, 0.6) is 0 Å². The summed E-state index contributed by atoms with van der Waals surface area (Å²) < 4.78 is 32.2. The molecule has 0 N–H and O–H groups in total. The molecule has 0 radical (unpaired) electrons. The molecule has 6 heteroatoms. The van der Waals surface area contributed by atoms with Crippen molar-refractivity contribution in [3.63, 3.8) is 0 Å². The smallest absolute Gasteiger partial charge is 0.258 e. The third-order valence-electron chi connectivity index (χ3n) is 4.90. The predicted octanol–water partition coefficient (Wildman–Crippen LogP) is 6.27. The summed E-state index contributed by atoms with van der Waals surface area (Å²) in [5.74, 6) is -1.77. The highest BCUT2D eigenvalue weighted by Gasteiger charge is 2.39. The third-order valence-corrected chi connectivity index (χ3v) is 5.13. The summed E-state index contributed by atoms with van der Waals surface area (Å²) in [5.41, 5.74) is 3.50. The van der Waals surface area contributed by atoms with E-state index in [1.54, 1.807) is 6.07 Å². The molecule has 1 atom stereocenters. The Balaban J connectivity index is 1.57. The zero-order valence-electron chi connectivity index (χ0n) is 14.2. The van der Waals surface area contributed by atoms with Crippen molar-refractivity contribution in [3.8, 4) is 22.8 Å². The van der Waals surface area contributed by atoms with Gasteiger partial charge in [0.1, 0.15) is 0 Å². The maximum atomic E-state index is 13.4. The number of benzene rings is 2. The van der Waals surface area contributed by atoms with Crippen LogP contribution < -0.4 is 0 Å². The molecule has 0 unspecified atom stereocenters. The topological polar surface area (TPSA) is 38.9 Å². The van der Waals surface area contributed by atoms with E-state index in [0.717, 1.165) is 22.3 Å². The van der Waals surface area contributed by atoms with Gasteiger partial charge >= 0.3 is 0 Å². The molecule has 26 heavy (non-hydrogen) atoms. The molecule has 0 spiro atoms. The SMILES string of the molecule is Cc1ccc(Cl)cc1-c1noc(-c2ccc([C@@H]3CCC(F)(F)C3)cc2)n1. The summed E-state index contributed by atoms with van der Waals surface area (Å²) in [6.45, 7) is 1.95. The van der Waals surface area contributed by atoms with Crippen molar-refractivity contribution in [3.05, 3.63) is 58.6 Å². The van der Waals surface area contributed by atoms with Crippen LogP contribution in [-0.4, -0.2) is 16.1 Å². The lowest BCUT2D eigenvalue weighted by Crippen LogP contribution is -2.09. The second-order valence-electron chi connectivity index (χ2n) is 6.80. The lowest BCUT2D eigenvalue weighted by molar-refractivity contribution is 0.00777. The van der Waals surface area contributed by atoms with E-state index in [0.29, 0.717) is 23.2 Å². The summed E-state index contributed by atoms with van der Waals surface area (Å²) in [6, 6.07) is 12.9. The molecule has 2 aromatic carbocycles. The molecule has 134 valence electrons. The normalized spacial score (nSPS) is 19.0. The van der Waals surface area contributed by atoms with E-state index in [4.69, 9.17) is 16.1 Å². The number of halogens is 3. The molecule has 1 aromatic heterocycles. The molecule has 1 aliphatic rings. The second kappa shape index (κ2) is 6.47. The van der Waals surface area contributed by atoms with Crippen LogP contribution >= 0.6 is 11.6 Å². The molecule has 3 nitrogen and oxygen atoms in total. The molecule has 3 aromatic rings. The predicted molar refractivity (Wildman–Crippen MR) is 96.5 cm³/mol. The average molecular weight is 375 g/mol. The van der Waals surface area contributed by atoms with Gasteiger partial charge in [0.15, 0.2) is 0 Å². The summed E-state index contributed by atoms with van der Waals surface area (Å²) in [6.07, 6.45) is 0.404. The van der Waals surface area contributed by atoms with Crippen LogP contribution in [0.25, 0.3) is 22.8 Å². The zero-order valence-corrected chi connectivity index (χ0v) is 14.9. The van der Waals surface area contributed by atoms with E-state index in [1.165, 1.54) is 0 Å². The van der Waals surface area contributed by atoms with Crippen LogP contribution in [0.4, 0.5) is 8.78 Å². The van der Waals surface area contributed by atoms with Crippen molar-refractivity contribution in [1.82, 2.24) is 10.1 Å². The Hall–Kier alpha value is -2.27. The van der Waals surface area contributed by atoms with Crippen molar-refractivity contribution in [2.45, 2.75) is 38.0 Å². The number of aryl methyl sites for hydroxylation is 1. The van der Waals surface area contributed by atoms with Crippen LogP contribution in [0.15, 0.2) is 47.0 Å². The monoisotopic (exact) mass is 374 g/mol. The van der Waals surface area contributed by atoms with Gasteiger partial charge in [-0.3, -0.25) is 0 Å². The molecule has 1 fully saturated rings. The van der Waals surface area contributed by atoms with Crippen LogP contribution in [-0.2, 0) is 0 Å². The maximum Gasteiger partial charge on any atom is 0.258 e. The minimum Gasteiger partial charge on any atom is -0.334 e. The Morgan fingerprint density at radius 3 is 2.62 bits per heavy atom. The van der Waals surface area contributed by atoms with E-state index >= 15 is 0 Å². The van der Waals surface area contributed by atoms with E-state index in [-0.39, 0.29) is 18.8 Å². The fourth-order valence-electron chi connectivity index (χ4n) is 3.42. The first kappa shape index (κ1) is 17.2. The summed E-state index contributed by atoms with van der Waals surface area (Å²) in [5, 5.41) is 4.65. The Morgan fingerprint density at radius 1 is 1.15 bits per heavy atom. The molecule has 0 aliphatic heterocycles. The molecular weight excluding hydrogens is 358 g/mol. The van der Waals surface area contributed by atoms with Crippen molar-refractivity contribution in [2.24, 2.45) is 0 Å². The Kier molecular flexibility index (Phi) is 4.27. The number of nitrogens with zero attached hydrogens (tertiary/aromatic N) is 2. The quantitative estimate of drug-likeness (QED) is 0.542. The van der Waals surface area contributed by atoms with Gasteiger partial charge in [-0.2, -0.15) is 4.98 Å². The van der Waals surface area contributed by atoms with Crippen molar-refractivity contribution >= 4 is 11.6 Å². The van der Waals surface area contributed by atoms with Crippen LogP contribution in [0, 0.1) is 6.92 Å². The minimum atomic E-state index is -2.54. The average Bonchev–Trinajstić information content (AvgIpc) is 3.24. The van der Waals surface area contributed by atoms with Crippen LogP contribution in [0.1, 0.15) is 36.3 Å². The van der Waals surface area contributed by atoms with Gasteiger partial charge in [-0.15, -0.1) is 0 Å². The Bertz CT molecular complexity index is 937. The lowest BCUT2D eigenvalue weighted by atomic mass is 9.96. The van der Waals surface area contributed by atoms with Gasteiger partial charge in [0, 0.05) is 29.0 Å². The largest absolute Gasteiger partial charge is 0.334 e. The van der Waals surface area contributed by atoms with Gasteiger partial charge in [-0.1, -0.05) is 35.0 Å². The summed E-state index contributed by atoms with van der Waals surface area (Å²) >= 11 is 6.05. The fourth-order valence-corrected chi connectivity index (χ4v) is 3.59. The molecule has 0 bridgehead atoms. The van der Waals surface area contributed by atoms with Crippen LogP contribution in [0.2, 0.25) is 5.02 Å². The Labute approximate surface area is 155 Å². The van der Waals surface area contributed by atoms with Crippen molar-refractivity contribution in [2.75, 3.05) is 0 Å². The Morgan fingerprint density at radius 2 is 1.92 bits per heavy atom. The first-order valence-electron chi connectivity index (χ1n) is 8.50. The van der Waals surface area contributed by atoms with Gasteiger partial charge in [-0.25, -0.2) is 8.78 Å². The molecule has 4 rings (SSSR count). The van der Waals surface area contributed by atoms with Gasteiger partial charge in [0.2, 0.25) is 11.7 Å². The summed E-state index contributed by atoms with van der Waals surface area (Å²) in [7, 11) is 0. The highest BCUT2D eigenvalue weighted by Crippen LogP contribution is 2.44. The molecule has 0 amide bonds. The third kappa shape index (κ3) is 3.36. The van der Waals surface area contributed by atoms with Gasteiger partial charge in [-0.05, 0) is 54.7 Å². The minimum absolute atomic E-state index is 0.0363. The van der Waals surface area contributed by atoms with E-state index in [1.807, 2.05) is 43.3 Å². The number of rotatable bonds is 3. The molecule has 1 heterocycles. The highest BCUT2D eigenvalue weighted by atomic mass is 35.5. The van der Waals surface area contributed by atoms with Crippen molar-refractivity contribution in [1.29, 1.82) is 0 Å². The number of hydrogen-bond donors (Lipinski definition) is 0. The maximum absolute atomic E-state index is 13.4. The molecule has 1 saturated carbocycles. The first-order valence-corrected chi connectivity index (χ1v) is 8.87. The molecule has 1 aliphatic carbocycles. The fraction of sp³-hybridized carbons (Fsp3) is 0.300. The summed E-state index contributed by atoms with van der Waals surface area (Å²) in [4.78, 5) is 4.45.